The van der Waals surface area contributed by atoms with Gasteiger partial charge >= 0.3 is 0 Å². The van der Waals surface area contributed by atoms with E-state index in [2.05, 4.69) is 61.5 Å². The molecule has 4 heteroatoms. The second-order valence-corrected chi connectivity index (χ2v) is 6.75. The first-order valence-corrected chi connectivity index (χ1v) is 6.81. The molecule has 0 aliphatic heterocycles. The van der Waals surface area contributed by atoms with E-state index in [-0.39, 0.29) is 11.0 Å². The van der Waals surface area contributed by atoms with Crippen molar-refractivity contribution in [2.45, 2.75) is 58.5 Å². The maximum atomic E-state index is 4.66. The van der Waals surface area contributed by atoms with E-state index >= 15 is 0 Å². The third kappa shape index (κ3) is 3.25. The molecular formula is C15H24N4. The summed E-state index contributed by atoms with van der Waals surface area (Å²) in [5.74, 6) is 0. The average molecular weight is 260 g/mol. The Morgan fingerprint density at radius 2 is 1.84 bits per heavy atom. The molecular weight excluding hydrogens is 236 g/mol. The van der Waals surface area contributed by atoms with Crippen molar-refractivity contribution in [3.63, 3.8) is 0 Å². The van der Waals surface area contributed by atoms with Crippen LogP contribution in [-0.4, -0.2) is 19.3 Å². The van der Waals surface area contributed by atoms with Gasteiger partial charge in [-0.15, -0.1) is 0 Å². The fourth-order valence-electron chi connectivity index (χ4n) is 2.02. The van der Waals surface area contributed by atoms with E-state index in [1.165, 1.54) is 0 Å². The molecule has 2 heterocycles. The van der Waals surface area contributed by atoms with Gasteiger partial charge in [0, 0.05) is 36.1 Å². The highest BCUT2D eigenvalue weighted by Crippen LogP contribution is 2.22. The molecule has 0 unspecified atom stereocenters. The number of hydrogen-bond donors (Lipinski definition) is 0. The van der Waals surface area contributed by atoms with Crippen LogP contribution < -0.4 is 0 Å². The zero-order valence-electron chi connectivity index (χ0n) is 12.6. The van der Waals surface area contributed by atoms with Gasteiger partial charge in [0.1, 0.15) is 0 Å². The summed E-state index contributed by atoms with van der Waals surface area (Å²) >= 11 is 0. The number of imidazole rings is 1. The van der Waals surface area contributed by atoms with Gasteiger partial charge in [0.2, 0.25) is 0 Å². The van der Waals surface area contributed by atoms with Crippen LogP contribution in [0.3, 0.4) is 0 Å². The molecule has 4 nitrogen and oxygen atoms in total. The summed E-state index contributed by atoms with van der Waals surface area (Å²) in [4.78, 5) is 4.12. The number of rotatable bonds is 4. The van der Waals surface area contributed by atoms with Gasteiger partial charge < -0.3 is 4.57 Å². The normalized spacial score (nSPS) is 12.9. The molecule has 0 amide bonds. The van der Waals surface area contributed by atoms with Crippen molar-refractivity contribution in [2.75, 3.05) is 0 Å². The third-order valence-electron chi connectivity index (χ3n) is 3.57. The molecule has 0 N–H and O–H groups in total. The molecule has 2 aromatic rings. The zero-order valence-corrected chi connectivity index (χ0v) is 12.6. The quantitative estimate of drug-likeness (QED) is 0.846. The van der Waals surface area contributed by atoms with Crippen LogP contribution >= 0.6 is 0 Å². The van der Waals surface area contributed by atoms with Crippen molar-refractivity contribution in [1.29, 1.82) is 0 Å². The van der Waals surface area contributed by atoms with Crippen molar-refractivity contribution < 1.29 is 0 Å². The number of aryl methyl sites for hydroxylation is 1. The summed E-state index contributed by atoms with van der Waals surface area (Å²) in [6.45, 7) is 11.9. The Morgan fingerprint density at radius 1 is 1.11 bits per heavy atom. The van der Waals surface area contributed by atoms with Crippen LogP contribution in [0.1, 0.15) is 46.7 Å². The molecule has 19 heavy (non-hydrogen) atoms. The van der Waals surface area contributed by atoms with E-state index in [1.54, 1.807) is 0 Å². The van der Waals surface area contributed by atoms with Crippen LogP contribution in [0.4, 0.5) is 0 Å². The largest absolute Gasteiger partial charge is 0.332 e. The Labute approximate surface area is 115 Å². The van der Waals surface area contributed by atoms with Crippen LogP contribution in [0.15, 0.2) is 31.0 Å². The maximum absolute atomic E-state index is 4.66. The molecule has 0 aromatic carbocycles. The molecule has 0 radical (unpaired) electrons. The van der Waals surface area contributed by atoms with Crippen LogP contribution in [0.2, 0.25) is 0 Å². The maximum Gasteiger partial charge on any atom is 0.0950 e. The smallest absolute Gasteiger partial charge is 0.0950 e. The molecule has 0 atom stereocenters. The third-order valence-corrected chi connectivity index (χ3v) is 3.57. The second-order valence-electron chi connectivity index (χ2n) is 6.75. The second kappa shape index (κ2) is 4.83. The van der Waals surface area contributed by atoms with Gasteiger partial charge in [0.15, 0.2) is 0 Å². The van der Waals surface area contributed by atoms with E-state index in [0.29, 0.717) is 0 Å². The minimum absolute atomic E-state index is 0.0599. The summed E-state index contributed by atoms with van der Waals surface area (Å²) in [5.41, 5.74) is 1.32. The fraction of sp³-hybridized carbons (Fsp3) is 0.600. The lowest BCUT2D eigenvalue weighted by Crippen LogP contribution is -2.27. The number of hydrogen-bond acceptors (Lipinski definition) is 2. The molecule has 0 aliphatic rings. The van der Waals surface area contributed by atoms with Crippen molar-refractivity contribution >= 4 is 0 Å². The van der Waals surface area contributed by atoms with Crippen LogP contribution in [0.25, 0.3) is 0 Å². The topological polar surface area (TPSA) is 35.6 Å². The summed E-state index contributed by atoms with van der Waals surface area (Å²) in [7, 11) is 0. The summed E-state index contributed by atoms with van der Waals surface area (Å²) < 4.78 is 4.19. The van der Waals surface area contributed by atoms with Gasteiger partial charge in [-0.3, -0.25) is 4.68 Å². The fourth-order valence-corrected chi connectivity index (χ4v) is 2.02. The average Bonchev–Trinajstić information content (AvgIpc) is 2.97. The molecule has 0 saturated heterocycles. The van der Waals surface area contributed by atoms with Gasteiger partial charge in [0.05, 0.1) is 12.0 Å². The minimum Gasteiger partial charge on any atom is -0.332 e. The standard InChI is InChI=1S/C15H24N4/c1-14(2,3)13-6-9-19(17-13)10-7-15(4,5)18-11-8-16-12-18/h6,8-9,11-12H,7,10H2,1-5H3. The summed E-state index contributed by atoms with van der Waals surface area (Å²) in [6.07, 6.45) is 8.82. The predicted octanol–water partition coefficient (Wildman–Crippen LogP) is 3.20. The van der Waals surface area contributed by atoms with E-state index in [9.17, 15) is 0 Å². The highest BCUT2D eigenvalue weighted by molar-refractivity contribution is 5.10. The molecule has 0 fully saturated rings. The monoisotopic (exact) mass is 260 g/mol. The highest BCUT2D eigenvalue weighted by Gasteiger charge is 2.20. The zero-order chi connectivity index (χ0) is 14.1. The van der Waals surface area contributed by atoms with Gasteiger partial charge in [-0.1, -0.05) is 20.8 Å². The lowest BCUT2D eigenvalue weighted by molar-refractivity contribution is 0.300. The van der Waals surface area contributed by atoms with Crippen LogP contribution in [0, 0.1) is 0 Å². The first kappa shape index (κ1) is 13.8. The van der Waals surface area contributed by atoms with Crippen molar-refractivity contribution in [3.8, 4) is 0 Å². The van der Waals surface area contributed by atoms with Crippen molar-refractivity contribution in [3.05, 3.63) is 36.7 Å². The van der Waals surface area contributed by atoms with E-state index in [1.807, 2.05) is 23.4 Å². The minimum atomic E-state index is 0.0599. The molecule has 0 spiro atoms. The lowest BCUT2D eigenvalue weighted by atomic mass is 9.93. The Bertz CT molecular complexity index is 515. The van der Waals surface area contributed by atoms with Crippen LogP contribution in [0.5, 0.6) is 0 Å². The first-order valence-electron chi connectivity index (χ1n) is 6.81. The Hall–Kier alpha value is -1.58. The molecule has 2 aromatic heterocycles. The van der Waals surface area contributed by atoms with Crippen molar-refractivity contribution in [2.24, 2.45) is 0 Å². The predicted molar refractivity (Wildman–Crippen MR) is 77.1 cm³/mol. The molecule has 2 rings (SSSR count). The first-order chi connectivity index (χ1) is 8.79. The summed E-state index contributed by atoms with van der Waals surface area (Å²) in [5, 5.41) is 4.66. The Morgan fingerprint density at radius 3 is 2.37 bits per heavy atom. The van der Waals surface area contributed by atoms with Crippen LogP contribution in [-0.2, 0) is 17.5 Å². The van der Waals surface area contributed by atoms with E-state index in [0.717, 1.165) is 18.7 Å². The highest BCUT2D eigenvalue weighted by atomic mass is 15.3. The summed E-state index contributed by atoms with van der Waals surface area (Å²) in [6, 6.07) is 2.12. The van der Waals surface area contributed by atoms with Gasteiger partial charge in [-0.25, -0.2) is 4.98 Å². The Kier molecular flexibility index (Phi) is 3.52. The molecule has 0 saturated carbocycles. The number of aromatic nitrogens is 4. The van der Waals surface area contributed by atoms with E-state index in [4.69, 9.17) is 0 Å². The number of nitrogens with zero attached hydrogens (tertiary/aromatic N) is 4. The molecule has 0 aliphatic carbocycles. The molecule has 104 valence electrons. The SMILES string of the molecule is CC(C)(C)c1ccn(CCC(C)(C)n2ccnc2)n1. The van der Waals surface area contributed by atoms with Crippen molar-refractivity contribution in [1.82, 2.24) is 19.3 Å². The van der Waals surface area contributed by atoms with Gasteiger partial charge in [-0.05, 0) is 26.3 Å². The van der Waals surface area contributed by atoms with Gasteiger partial charge in [-0.2, -0.15) is 5.10 Å². The van der Waals surface area contributed by atoms with Gasteiger partial charge in [0.25, 0.3) is 0 Å². The lowest BCUT2D eigenvalue weighted by Gasteiger charge is -2.26. The van der Waals surface area contributed by atoms with E-state index < -0.39 is 0 Å². The Balaban J connectivity index is 2.01. The molecule has 0 bridgehead atoms.